The molecular weight excluding hydrogens is 238 g/mol. The molecular formula is C15H21N3O. The van der Waals surface area contributed by atoms with Gasteiger partial charge in [0.1, 0.15) is 0 Å². The highest BCUT2D eigenvalue weighted by Gasteiger charge is 2.05. The van der Waals surface area contributed by atoms with Gasteiger partial charge >= 0.3 is 5.69 Å². The maximum atomic E-state index is 11.5. The van der Waals surface area contributed by atoms with Crippen LogP contribution < -0.4 is 11.0 Å². The Hall–Kier alpha value is -1.97. The van der Waals surface area contributed by atoms with Crippen LogP contribution in [-0.4, -0.2) is 15.6 Å². The Labute approximate surface area is 113 Å². The van der Waals surface area contributed by atoms with Crippen molar-refractivity contribution in [3.8, 4) is 5.69 Å². The van der Waals surface area contributed by atoms with E-state index in [2.05, 4.69) is 31.1 Å². The summed E-state index contributed by atoms with van der Waals surface area (Å²) in [6.45, 7) is 6.63. The van der Waals surface area contributed by atoms with Gasteiger partial charge in [0.25, 0.3) is 0 Å². The molecule has 4 heteroatoms. The molecule has 0 aliphatic carbocycles. The average Bonchev–Trinajstić information content (AvgIpc) is 2.75. The van der Waals surface area contributed by atoms with Gasteiger partial charge in [0.2, 0.25) is 0 Å². The minimum atomic E-state index is -0.117. The minimum absolute atomic E-state index is 0.117. The van der Waals surface area contributed by atoms with Crippen LogP contribution in [0.25, 0.3) is 5.69 Å². The van der Waals surface area contributed by atoms with Crippen molar-refractivity contribution >= 4 is 5.69 Å². The molecule has 1 atom stereocenters. The molecule has 2 aromatic rings. The highest BCUT2D eigenvalue weighted by atomic mass is 16.1. The molecule has 102 valence electrons. The zero-order chi connectivity index (χ0) is 13.8. The predicted octanol–water partition coefficient (Wildman–Crippen LogP) is 3.01. The molecule has 1 aromatic carbocycles. The van der Waals surface area contributed by atoms with E-state index in [1.165, 1.54) is 0 Å². The smallest absolute Gasteiger partial charge is 0.330 e. The van der Waals surface area contributed by atoms with Crippen molar-refractivity contribution in [3.05, 3.63) is 47.1 Å². The highest BCUT2D eigenvalue weighted by Crippen LogP contribution is 2.15. The second-order valence-electron chi connectivity index (χ2n) is 5.36. The molecule has 0 aliphatic rings. The monoisotopic (exact) mass is 259 g/mol. The van der Waals surface area contributed by atoms with Crippen molar-refractivity contribution < 1.29 is 0 Å². The number of aromatic nitrogens is 2. The van der Waals surface area contributed by atoms with Gasteiger partial charge in [-0.2, -0.15) is 0 Å². The van der Waals surface area contributed by atoms with Crippen molar-refractivity contribution in [2.45, 2.75) is 33.2 Å². The maximum absolute atomic E-state index is 11.5. The molecule has 0 saturated carbocycles. The normalized spacial score (nSPS) is 12.6. The third-order valence-electron chi connectivity index (χ3n) is 3.03. The number of anilines is 1. The second-order valence-corrected chi connectivity index (χ2v) is 5.36. The van der Waals surface area contributed by atoms with Gasteiger partial charge in [-0.05, 0) is 43.5 Å². The van der Waals surface area contributed by atoms with Gasteiger partial charge in [-0.25, -0.2) is 4.79 Å². The highest BCUT2D eigenvalue weighted by molar-refractivity contribution is 5.49. The molecule has 0 saturated heterocycles. The Morgan fingerprint density at radius 1 is 1.21 bits per heavy atom. The zero-order valence-corrected chi connectivity index (χ0v) is 11.7. The van der Waals surface area contributed by atoms with Crippen LogP contribution in [0.3, 0.4) is 0 Å². The summed E-state index contributed by atoms with van der Waals surface area (Å²) in [6.07, 6.45) is 4.50. The van der Waals surface area contributed by atoms with E-state index >= 15 is 0 Å². The first-order valence-electron chi connectivity index (χ1n) is 6.69. The molecule has 2 rings (SSSR count). The molecule has 19 heavy (non-hydrogen) atoms. The molecule has 0 radical (unpaired) electrons. The van der Waals surface area contributed by atoms with Crippen molar-refractivity contribution in [3.63, 3.8) is 0 Å². The minimum Gasteiger partial charge on any atom is -0.383 e. The van der Waals surface area contributed by atoms with Gasteiger partial charge < -0.3 is 10.3 Å². The molecule has 0 aliphatic heterocycles. The van der Waals surface area contributed by atoms with Gasteiger partial charge in [-0.1, -0.05) is 13.8 Å². The average molecular weight is 259 g/mol. The Morgan fingerprint density at radius 2 is 1.89 bits per heavy atom. The fourth-order valence-electron chi connectivity index (χ4n) is 2.29. The molecule has 4 nitrogen and oxygen atoms in total. The number of rotatable bonds is 5. The molecule has 1 unspecified atom stereocenters. The zero-order valence-electron chi connectivity index (χ0n) is 11.7. The molecule has 0 spiro atoms. The predicted molar refractivity (Wildman–Crippen MR) is 78.9 cm³/mol. The van der Waals surface area contributed by atoms with E-state index in [-0.39, 0.29) is 5.69 Å². The van der Waals surface area contributed by atoms with Crippen LogP contribution >= 0.6 is 0 Å². The summed E-state index contributed by atoms with van der Waals surface area (Å²) >= 11 is 0. The van der Waals surface area contributed by atoms with Crippen molar-refractivity contribution in [1.29, 1.82) is 0 Å². The van der Waals surface area contributed by atoms with E-state index in [0.717, 1.165) is 17.8 Å². The molecule has 1 aromatic heterocycles. The fraction of sp³-hybridized carbons (Fsp3) is 0.400. The maximum Gasteiger partial charge on any atom is 0.330 e. The summed E-state index contributed by atoms with van der Waals surface area (Å²) in [7, 11) is 0. The van der Waals surface area contributed by atoms with Crippen LogP contribution in [0.4, 0.5) is 5.69 Å². The summed E-state index contributed by atoms with van der Waals surface area (Å²) < 4.78 is 1.58. The lowest BCUT2D eigenvalue weighted by atomic mass is 10.1. The second kappa shape index (κ2) is 5.78. The summed E-state index contributed by atoms with van der Waals surface area (Å²) in [5.74, 6) is 0.681. The summed E-state index contributed by atoms with van der Waals surface area (Å²) in [4.78, 5) is 14.1. The first-order valence-corrected chi connectivity index (χ1v) is 6.69. The molecule has 0 fully saturated rings. The molecule has 1 heterocycles. The number of hydrogen-bond acceptors (Lipinski definition) is 2. The number of imidazole rings is 1. The Kier molecular flexibility index (Phi) is 4.10. The van der Waals surface area contributed by atoms with E-state index in [9.17, 15) is 4.79 Å². The lowest BCUT2D eigenvalue weighted by molar-refractivity contribution is 0.540. The molecule has 0 bridgehead atoms. The van der Waals surface area contributed by atoms with Crippen LogP contribution in [0.1, 0.15) is 27.2 Å². The number of benzene rings is 1. The lowest BCUT2D eigenvalue weighted by Crippen LogP contribution is -2.17. The Bertz CT molecular complexity index is 566. The first kappa shape index (κ1) is 13.5. The quantitative estimate of drug-likeness (QED) is 0.867. The first-order chi connectivity index (χ1) is 9.06. The summed E-state index contributed by atoms with van der Waals surface area (Å²) in [5.41, 5.74) is 1.84. The fourth-order valence-corrected chi connectivity index (χ4v) is 2.29. The topological polar surface area (TPSA) is 49.8 Å². The number of nitrogens with zero attached hydrogens (tertiary/aromatic N) is 1. The number of nitrogens with one attached hydrogen (secondary N) is 2. The Morgan fingerprint density at radius 3 is 2.42 bits per heavy atom. The molecule has 2 N–H and O–H groups in total. The van der Waals surface area contributed by atoms with E-state index in [4.69, 9.17) is 0 Å². The third-order valence-corrected chi connectivity index (χ3v) is 3.03. The van der Waals surface area contributed by atoms with Gasteiger partial charge in [-0.3, -0.25) is 4.57 Å². The van der Waals surface area contributed by atoms with Gasteiger partial charge in [0.05, 0.1) is 5.69 Å². The van der Waals surface area contributed by atoms with Gasteiger partial charge in [0.15, 0.2) is 0 Å². The number of aromatic amines is 1. The van der Waals surface area contributed by atoms with Crippen molar-refractivity contribution in [2.75, 3.05) is 5.32 Å². The van der Waals surface area contributed by atoms with Gasteiger partial charge in [-0.15, -0.1) is 0 Å². The summed E-state index contributed by atoms with van der Waals surface area (Å²) in [5, 5.41) is 3.47. The Balaban J connectivity index is 2.07. The SMILES string of the molecule is CC(C)CC(C)Nc1ccc(-n2cc[nH]c2=O)cc1. The number of H-pyrrole nitrogens is 1. The number of hydrogen-bond donors (Lipinski definition) is 2. The van der Waals surface area contributed by atoms with Crippen LogP contribution in [-0.2, 0) is 0 Å². The van der Waals surface area contributed by atoms with Gasteiger partial charge in [0, 0.05) is 24.1 Å². The van der Waals surface area contributed by atoms with Crippen LogP contribution in [0.5, 0.6) is 0 Å². The van der Waals surface area contributed by atoms with Crippen LogP contribution in [0, 0.1) is 5.92 Å². The van der Waals surface area contributed by atoms with E-state index in [0.29, 0.717) is 12.0 Å². The van der Waals surface area contributed by atoms with Crippen LogP contribution in [0.15, 0.2) is 41.5 Å². The van der Waals surface area contributed by atoms with E-state index in [1.807, 2.05) is 24.3 Å². The largest absolute Gasteiger partial charge is 0.383 e. The lowest BCUT2D eigenvalue weighted by Gasteiger charge is -2.17. The summed E-state index contributed by atoms with van der Waals surface area (Å²) in [6, 6.07) is 8.34. The van der Waals surface area contributed by atoms with Crippen LogP contribution in [0.2, 0.25) is 0 Å². The van der Waals surface area contributed by atoms with E-state index < -0.39 is 0 Å². The molecule has 0 amide bonds. The van der Waals surface area contributed by atoms with Crippen molar-refractivity contribution in [1.82, 2.24) is 9.55 Å². The third kappa shape index (κ3) is 3.50. The van der Waals surface area contributed by atoms with E-state index in [1.54, 1.807) is 17.0 Å². The standard InChI is InChI=1S/C15H21N3O/c1-11(2)10-12(3)17-13-4-6-14(7-5-13)18-9-8-16-15(18)19/h4-9,11-12,17H,10H2,1-3H3,(H,16,19). The van der Waals surface area contributed by atoms with Crippen molar-refractivity contribution in [2.24, 2.45) is 5.92 Å².